The molecule has 0 bridgehead atoms. The van der Waals surface area contributed by atoms with Gasteiger partial charge in [0.25, 0.3) is 0 Å². The van der Waals surface area contributed by atoms with Gasteiger partial charge in [0, 0.05) is 0 Å². The summed E-state index contributed by atoms with van der Waals surface area (Å²) in [4.78, 5) is 0. The normalized spacial score (nSPS) is 19.3. The van der Waals surface area contributed by atoms with E-state index in [0.717, 1.165) is 18.4 Å². The summed E-state index contributed by atoms with van der Waals surface area (Å²) in [6, 6.07) is 4.64. The number of hydrogen-bond donors (Lipinski definition) is 1. The molecule has 0 amide bonds. The molecule has 0 heterocycles. The molecular weight excluding hydrogens is 317 g/mol. The second-order valence-electron chi connectivity index (χ2n) is 6.48. The van der Waals surface area contributed by atoms with Crippen LogP contribution in [0.15, 0.2) is 30.9 Å². The minimum atomic E-state index is -3.38. The Balaban J connectivity index is 1.74. The van der Waals surface area contributed by atoms with Crippen LogP contribution >= 0.6 is 0 Å². The van der Waals surface area contributed by atoms with Crippen LogP contribution in [0, 0.1) is 11.7 Å². The van der Waals surface area contributed by atoms with E-state index in [1.807, 2.05) is 0 Å². The predicted octanol–water partition coefficient (Wildman–Crippen LogP) is 3.10. The van der Waals surface area contributed by atoms with Gasteiger partial charge in [0.05, 0.1) is 17.9 Å². The number of allylic oxidation sites excluding steroid dienone is 1. The summed E-state index contributed by atoms with van der Waals surface area (Å²) in [6.45, 7) is 4.07. The van der Waals surface area contributed by atoms with Crippen LogP contribution in [0.4, 0.5) is 4.39 Å². The van der Waals surface area contributed by atoms with Crippen LogP contribution in [-0.2, 0) is 15.6 Å². The highest BCUT2D eigenvalue weighted by Crippen LogP contribution is 2.47. The second kappa shape index (κ2) is 6.24. The monoisotopic (exact) mass is 339 g/mol. The van der Waals surface area contributed by atoms with Crippen molar-refractivity contribution in [3.8, 4) is 5.75 Å². The van der Waals surface area contributed by atoms with Gasteiger partial charge >= 0.3 is 0 Å². The van der Waals surface area contributed by atoms with Crippen LogP contribution in [0.2, 0.25) is 0 Å². The lowest BCUT2D eigenvalue weighted by molar-refractivity contribution is 0.284. The van der Waals surface area contributed by atoms with Crippen LogP contribution < -0.4 is 9.46 Å². The Labute approximate surface area is 136 Å². The zero-order valence-corrected chi connectivity index (χ0v) is 13.9. The van der Waals surface area contributed by atoms with Crippen molar-refractivity contribution in [1.82, 2.24) is 4.72 Å². The molecule has 2 fully saturated rings. The van der Waals surface area contributed by atoms with E-state index in [1.54, 1.807) is 18.2 Å². The van der Waals surface area contributed by atoms with Gasteiger partial charge in [0.1, 0.15) is 0 Å². The summed E-state index contributed by atoms with van der Waals surface area (Å²) in [6.07, 6.45) is 5.69. The molecule has 0 aromatic heterocycles. The minimum Gasteiger partial charge on any atom is -0.490 e. The topological polar surface area (TPSA) is 55.4 Å². The Morgan fingerprint density at radius 1 is 1.39 bits per heavy atom. The van der Waals surface area contributed by atoms with Crippen LogP contribution in [0.1, 0.15) is 37.7 Å². The van der Waals surface area contributed by atoms with E-state index < -0.39 is 21.4 Å². The third kappa shape index (κ3) is 4.12. The zero-order chi connectivity index (χ0) is 16.5. The molecule has 126 valence electrons. The highest BCUT2D eigenvalue weighted by atomic mass is 32.2. The van der Waals surface area contributed by atoms with Crippen molar-refractivity contribution in [2.24, 2.45) is 5.92 Å². The van der Waals surface area contributed by atoms with Gasteiger partial charge in [-0.2, -0.15) is 0 Å². The Morgan fingerprint density at radius 2 is 2.13 bits per heavy atom. The van der Waals surface area contributed by atoms with Crippen molar-refractivity contribution in [2.45, 2.75) is 37.6 Å². The molecule has 2 aliphatic carbocycles. The first kappa shape index (κ1) is 16.5. The van der Waals surface area contributed by atoms with Crippen molar-refractivity contribution in [3.63, 3.8) is 0 Å². The van der Waals surface area contributed by atoms with Crippen LogP contribution in [-0.4, -0.2) is 20.8 Å². The third-order valence-electron chi connectivity index (χ3n) is 4.35. The second-order valence-corrected chi connectivity index (χ2v) is 8.32. The minimum absolute atomic E-state index is 0.0183. The fourth-order valence-electron chi connectivity index (χ4n) is 2.57. The third-order valence-corrected chi connectivity index (χ3v) is 5.82. The van der Waals surface area contributed by atoms with E-state index in [1.165, 1.54) is 6.07 Å². The van der Waals surface area contributed by atoms with Crippen molar-refractivity contribution < 1.29 is 17.5 Å². The molecule has 2 aliphatic rings. The van der Waals surface area contributed by atoms with E-state index in [0.29, 0.717) is 31.8 Å². The maximum Gasteiger partial charge on any atom is 0.212 e. The van der Waals surface area contributed by atoms with Gasteiger partial charge in [-0.3, -0.25) is 0 Å². The summed E-state index contributed by atoms with van der Waals surface area (Å²) in [5.74, 6) is 0.362. The molecule has 4 nitrogen and oxygen atoms in total. The van der Waals surface area contributed by atoms with E-state index >= 15 is 0 Å². The smallest absolute Gasteiger partial charge is 0.212 e. The quantitative estimate of drug-likeness (QED) is 0.704. The Kier molecular flexibility index (Phi) is 4.47. The summed E-state index contributed by atoms with van der Waals surface area (Å²) < 4.78 is 46.5. The highest BCUT2D eigenvalue weighted by molar-refractivity contribution is 7.89. The molecule has 1 aromatic carbocycles. The molecular formula is C17H22FNO3S. The average Bonchev–Trinajstić information content (AvgIpc) is 3.40. The molecule has 0 saturated heterocycles. The van der Waals surface area contributed by atoms with Gasteiger partial charge in [-0.25, -0.2) is 17.5 Å². The number of benzene rings is 1. The van der Waals surface area contributed by atoms with Gasteiger partial charge in [0.2, 0.25) is 10.0 Å². The molecule has 1 N–H and O–H groups in total. The molecule has 2 saturated carbocycles. The number of rotatable bonds is 9. The first-order valence-electron chi connectivity index (χ1n) is 7.99. The summed E-state index contributed by atoms with van der Waals surface area (Å²) >= 11 is 0. The molecule has 23 heavy (non-hydrogen) atoms. The van der Waals surface area contributed by atoms with Crippen LogP contribution in [0.5, 0.6) is 5.75 Å². The molecule has 0 unspecified atom stereocenters. The van der Waals surface area contributed by atoms with Crippen molar-refractivity contribution in [2.75, 3.05) is 12.4 Å². The van der Waals surface area contributed by atoms with Crippen LogP contribution in [0.3, 0.4) is 0 Å². The summed E-state index contributed by atoms with van der Waals surface area (Å²) in [5.41, 5.74) is 0.164. The largest absolute Gasteiger partial charge is 0.490 e. The zero-order valence-electron chi connectivity index (χ0n) is 13.1. The number of sulfonamides is 1. The maximum absolute atomic E-state index is 13.9. The Morgan fingerprint density at radius 3 is 2.74 bits per heavy atom. The molecule has 6 heteroatoms. The van der Waals surface area contributed by atoms with Crippen molar-refractivity contribution in [1.29, 1.82) is 0 Å². The summed E-state index contributed by atoms with van der Waals surface area (Å²) in [5, 5.41) is 0. The van der Waals surface area contributed by atoms with Gasteiger partial charge in [-0.15, -0.1) is 6.58 Å². The molecule has 0 radical (unpaired) electrons. The lowest BCUT2D eigenvalue weighted by atomic mass is 10.1. The fraction of sp³-hybridized carbons (Fsp3) is 0.529. The van der Waals surface area contributed by atoms with Crippen LogP contribution in [0.25, 0.3) is 0 Å². The van der Waals surface area contributed by atoms with E-state index in [-0.39, 0.29) is 11.5 Å². The number of nitrogens with one attached hydrogen (secondary N) is 1. The Hall–Kier alpha value is -1.40. The first-order chi connectivity index (χ1) is 10.9. The molecule has 1 aromatic rings. The van der Waals surface area contributed by atoms with Crippen molar-refractivity contribution in [3.05, 3.63) is 42.2 Å². The predicted molar refractivity (Wildman–Crippen MR) is 87.3 cm³/mol. The first-order valence-corrected chi connectivity index (χ1v) is 9.65. The van der Waals surface area contributed by atoms with E-state index in [9.17, 15) is 12.8 Å². The average molecular weight is 339 g/mol. The molecule has 3 rings (SSSR count). The summed E-state index contributed by atoms with van der Waals surface area (Å²) in [7, 11) is -3.38. The van der Waals surface area contributed by atoms with E-state index in [4.69, 9.17) is 4.74 Å². The Bertz CT molecular complexity index is 694. The molecule has 0 atom stereocenters. The standard InChI is InChI=1S/C17H22FNO3S/c1-2-3-10-23(20,21)19-17(8-9-17)14-6-7-15(18)16(11-14)22-12-13-4-5-13/h2,6-7,11,13,19H,1,3-5,8-10,12H2. The molecule has 0 aliphatic heterocycles. The van der Waals surface area contributed by atoms with Crippen molar-refractivity contribution >= 4 is 10.0 Å². The van der Waals surface area contributed by atoms with Gasteiger partial charge in [-0.05, 0) is 55.7 Å². The number of halogens is 1. The highest BCUT2D eigenvalue weighted by Gasteiger charge is 2.47. The van der Waals surface area contributed by atoms with E-state index in [2.05, 4.69) is 11.3 Å². The number of hydrogen-bond acceptors (Lipinski definition) is 3. The lowest BCUT2D eigenvalue weighted by Crippen LogP contribution is -2.36. The SMILES string of the molecule is C=CCCS(=O)(=O)NC1(c2ccc(F)c(OCC3CC3)c2)CC1. The van der Waals surface area contributed by atoms with Gasteiger partial charge in [-0.1, -0.05) is 12.1 Å². The fourth-order valence-corrected chi connectivity index (χ4v) is 4.06. The molecule has 0 spiro atoms. The number of ether oxygens (including phenoxy) is 1. The maximum atomic E-state index is 13.9. The van der Waals surface area contributed by atoms with Gasteiger partial charge < -0.3 is 4.74 Å². The van der Waals surface area contributed by atoms with Gasteiger partial charge in [0.15, 0.2) is 11.6 Å². The lowest BCUT2D eigenvalue weighted by Gasteiger charge is -2.19.